The van der Waals surface area contributed by atoms with Crippen molar-refractivity contribution < 1.29 is 0 Å². The minimum absolute atomic E-state index is 0.303. The molecule has 0 aromatic carbocycles. The largest absolute Gasteiger partial charge is 0.377 e. The molecule has 1 aliphatic rings. The summed E-state index contributed by atoms with van der Waals surface area (Å²) < 4.78 is 0. The van der Waals surface area contributed by atoms with Gasteiger partial charge in [-0.05, 0) is 13.3 Å². The van der Waals surface area contributed by atoms with E-state index in [4.69, 9.17) is 5.73 Å². The van der Waals surface area contributed by atoms with E-state index in [1.165, 1.54) is 0 Å². The Labute approximate surface area is 64.7 Å². The molecule has 1 atom stereocenters. The SMILES string of the molecule is C=C(C)CC1NN=C(N)S1. The molecule has 0 aromatic rings. The summed E-state index contributed by atoms with van der Waals surface area (Å²) >= 11 is 1.55. The average Bonchev–Trinajstić information content (AvgIpc) is 2.13. The molecule has 0 saturated carbocycles. The van der Waals surface area contributed by atoms with Crippen LogP contribution in [0.1, 0.15) is 13.3 Å². The third-order valence-corrected chi connectivity index (χ3v) is 2.00. The number of amidine groups is 1. The summed E-state index contributed by atoms with van der Waals surface area (Å²) in [5.41, 5.74) is 9.47. The Hall–Kier alpha value is -0.640. The van der Waals surface area contributed by atoms with Crippen molar-refractivity contribution in [3.05, 3.63) is 12.2 Å². The van der Waals surface area contributed by atoms with Crippen LogP contribution in [0.2, 0.25) is 0 Å². The molecule has 0 spiro atoms. The predicted octanol–water partition coefficient (Wildman–Crippen LogP) is 0.845. The summed E-state index contributed by atoms with van der Waals surface area (Å²) in [6, 6.07) is 0. The van der Waals surface area contributed by atoms with Crippen LogP contribution in [0, 0.1) is 0 Å². The maximum absolute atomic E-state index is 5.42. The molecule has 0 saturated heterocycles. The van der Waals surface area contributed by atoms with Crippen LogP contribution in [0.15, 0.2) is 17.3 Å². The van der Waals surface area contributed by atoms with E-state index in [9.17, 15) is 0 Å². The molecule has 0 radical (unpaired) electrons. The van der Waals surface area contributed by atoms with Gasteiger partial charge in [0.15, 0.2) is 5.17 Å². The lowest BCUT2D eigenvalue weighted by Crippen LogP contribution is -2.15. The topological polar surface area (TPSA) is 50.4 Å². The zero-order valence-electron chi connectivity index (χ0n) is 5.92. The zero-order valence-corrected chi connectivity index (χ0v) is 6.74. The fraction of sp³-hybridized carbons (Fsp3) is 0.500. The van der Waals surface area contributed by atoms with Gasteiger partial charge in [-0.2, -0.15) is 5.10 Å². The minimum atomic E-state index is 0.303. The molecule has 10 heavy (non-hydrogen) atoms. The zero-order chi connectivity index (χ0) is 7.56. The number of hydrogen-bond donors (Lipinski definition) is 2. The second kappa shape index (κ2) is 2.96. The number of nitrogens with one attached hydrogen (secondary N) is 1. The first-order valence-electron chi connectivity index (χ1n) is 3.08. The van der Waals surface area contributed by atoms with Crippen LogP contribution in [0.4, 0.5) is 0 Å². The summed E-state index contributed by atoms with van der Waals surface area (Å²) in [5.74, 6) is 0. The van der Waals surface area contributed by atoms with Crippen LogP contribution in [0.3, 0.4) is 0 Å². The minimum Gasteiger partial charge on any atom is -0.377 e. The maximum Gasteiger partial charge on any atom is 0.179 e. The Kier molecular flexibility index (Phi) is 2.21. The Bertz CT molecular complexity index is 176. The van der Waals surface area contributed by atoms with Gasteiger partial charge in [0.2, 0.25) is 0 Å². The van der Waals surface area contributed by atoms with Gasteiger partial charge < -0.3 is 5.73 Å². The first-order valence-corrected chi connectivity index (χ1v) is 3.96. The normalized spacial score (nSPS) is 23.7. The van der Waals surface area contributed by atoms with Crippen molar-refractivity contribution in [2.24, 2.45) is 10.8 Å². The molecule has 1 aliphatic heterocycles. The average molecular weight is 157 g/mol. The lowest BCUT2D eigenvalue weighted by atomic mass is 10.2. The summed E-state index contributed by atoms with van der Waals surface area (Å²) in [4.78, 5) is 0. The van der Waals surface area contributed by atoms with Gasteiger partial charge in [-0.15, -0.1) is 6.58 Å². The van der Waals surface area contributed by atoms with Crippen LogP contribution >= 0.6 is 11.8 Å². The lowest BCUT2D eigenvalue weighted by Gasteiger charge is -2.06. The highest BCUT2D eigenvalue weighted by atomic mass is 32.2. The Morgan fingerprint density at radius 3 is 3.10 bits per heavy atom. The molecule has 0 amide bonds. The quantitative estimate of drug-likeness (QED) is 0.584. The van der Waals surface area contributed by atoms with Gasteiger partial charge in [-0.1, -0.05) is 17.3 Å². The first-order chi connectivity index (χ1) is 4.68. The van der Waals surface area contributed by atoms with Gasteiger partial charge in [0.05, 0.1) is 0 Å². The smallest absolute Gasteiger partial charge is 0.179 e. The van der Waals surface area contributed by atoms with Crippen molar-refractivity contribution in [3.63, 3.8) is 0 Å². The Balaban J connectivity index is 2.29. The molecule has 0 fully saturated rings. The summed E-state index contributed by atoms with van der Waals surface area (Å²) in [5, 5.41) is 4.76. The highest BCUT2D eigenvalue weighted by Gasteiger charge is 2.15. The predicted molar refractivity (Wildman–Crippen MR) is 45.6 cm³/mol. The van der Waals surface area contributed by atoms with Crippen LogP contribution < -0.4 is 11.2 Å². The van der Waals surface area contributed by atoms with E-state index < -0.39 is 0 Å². The van der Waals surface area contributed by atoms with Gasteiger partial charge in [0.1, 0.15) is 5.37 Å². The van der Waals surface area contributed by atoms with Crippen LogP contribution in [-0.4, -0.2) is 10.5 Å². The van der Waals surface area contributed by atoms with Gasteiger partial charge in [-0.3, -0.25) is 5.43 Å². The van der Waals surface area contributed by atoms with E-state index >= 15 is 0 Å². The summed E-state index contributed by atoms with van der Waals surface area (Å²) in [6.45, 7) is 5.80. The molecule has 0 aromatic heterocycles. The van der Waals surface area contributed by atoms with Gasteiger partial charge in [-0.25, -0.2) is 0 Å². The molecule has 1 rings (SSSR count). The maximum atomic E-state index is 5.42. The van der Waals surface area contributed by atoms with Crippen molar-refractivity contribution in [2.75, 3.05) is 0 Å². The molecule has 56 valence electrons. The molecule has 3 N–H and O–H groups in total. The van der Waals surface area contributed by atoms with Gasteiger partial charge in [0.25, 0.3) is 0 Å². The van der Waals surface area contributed by atoms with Crippen LogP contribution in [-0.2, 0) is 0 Å². The van der Waals surface area contributed by atoms with Crippen molar-refractivity contribution in [1.29, 1.82) is 0 Å². The van der Waals surface area contributed by atoms with E-state index in [-0.39, 0.29) is 0 Å². The summed E-state index contributed by atoms with van der Waals surface area (Å²) in [7, 11) is 0. The van der Waals surface area contributed by atoms with Crippen molar-refractivity contribution in [1.82, 2.24) is 5.43 Å². The second-order valence-corrected chi connectivity index (χ2v) is 3.57. The first kappa shape index (κ1) is 7.47. The molecule has 3 nitrogen and oxygen atoms in total. The fourth-order valence-corrected chi connectivity index (χ4v) is 1.61. The van der Waals surface area contributed by atoms with E-state index in [1.54, 1.807) is 11.8 Å². The highest BCUT2D eigenvalue weighted by Crippen LogP contribution is 2.19. The van der Waals surface area contributed by atoms with Gasteiger partial charge in [0, 0.05) is 0 Å². The van der Waals surface area contributed by atoms with E-state index in [0.717, 1.165) is 12.0 Å². The van der Waals surface area contributed by atoms with Gasteiger partial charge >= 0.3 is 0 Å². The second-order valence-electron chi connectivity index (χ2n) is 2.35. The standard InChI is InChI=1S/C6H11N3S/c1-4(2)3-5-8-9-6(7)10-5/h5,8H,1,3H2,2H3,(H2,7,9). The van der Waals surface area contributed by atoms with E-state index in [0.29, 0.717) is 10.5 Å². The molecule has 0 bridgehead atoms. The van der Waals surface area contributed by atoms with E-state index in [2.05, 4.69) is 17.1 Å². The van der Waals surface area contributed by atoms with E-state index in [1.807, 2.05) is 6.92 Å². The van der Waals surface area contributed by atoms with Crippen LogP contribution in [0.25, 0.3) is 0 Å². The number of hydrazone groups is 1. The molecule has 1 unspecified atom stereocenters. The monoisotopic (exact) mass is 157 g/mol. The number of hydrogen-bond acceptors (Lipinski definition) is 4. The lowest BCUT2D eigenvalue weighted by molar-refractivity contribution is 0.695. The highest BCUT2D eigenvalue weighted by molar-refractivity contribution is 8.14. The molecular formula is C6H11N3S. The molecule has 1 heterocycles. The summed E-state index contributed by atoms with van der Waals surface area (Å²) in [6.07, 6.45) is 0.925. The number of rotatable bonds is 2. The number of nitrogens with two attached hydrogens (primary N) is 1. The van der Waals surface area contributed by atoms with Crippen LogP contribution in [0.5, 0.6) is 0 Å². The van der Waals surface area contributed by atoms with Crippen molar-refractivity contribution in [3.8, 4) is 0 Å². The number of thioether (sulfide) groups is 1. The third-order valence-electron chi connectivity index (χ3n) is 1.12. The van der Waals surface area contributed by atoms with Crippen molar-refractivity contribution >= 4 is 16.9 Å². The fourth-order valence-electron chi connectivity index (χ4n) is 0.738. The molecular weight excluding hydrogens is 146 g/mol. The molecule has 0 aliphatic carbocycles. The Morgan fingerprint density at radius 2 is 2.70 bits per heavy atom. The third kappa shape index (κ3) is 1.95. The Morgan fingerprint density at radius 1 is 2.00 bits per heavy atom. The number of nitrogens with zero attached hydrogens (tertiary/aromatic N) is 1. The molecule has 4 heteroatoms. The van der Waals surface area contributed by atoms with Crippen molar-refractivity contribution in [2.45, 2.75) is 18.7 Å².